The zero-order valence-electron chi connectivity index (χ0n) is 11.8. The molecule has 2 aromatic carbocycles. The van der Waals surface area contributed by atoms with E-state index in [0.717, 1.165) is 13.1 Å². The zero-order chi connectivity index (χ0) is 13.7. The topological polar surface area (TPSA) is 29.3 Å². The lowest BCUT2D eigenvalue weighted by Crippen LogP contribution is -2.29. The first-order chi connectivity index (χ1) is 9.20. The van der Waals surface area contributed by atoms with Crippen molar-refractivity contribution in [2.24, 2.45) is 5.73 Å². The minimum Gasteiger partial charge on any atom is -0.366 e. The van der Waals surface area contributed by atoms with Crippen molar-refractivity contribution in [3.63, 3.8) is 0 Å². The summed E-state index contributed by atoms with van der Waals surface area (Å²) in [5.74, 6) is 0. The second-order valence-corrected chi connectivity index (χ2v) is 4.99. The van der Waals surface area contributed by atoms with Crippen LogP contribution >= 0.6 is 0 Å². The molecule has 2 rings (SSSR count). The van der Waals surface area contributed by atoms with Gasteiger partial charge in [-0.05, 0) is 31.0 Å². The molecule has 19 heavy (non-hydrogen) atoms. The number of hydrogen-bond donors (Lipinski definition) is 1. The molecule has 0 aromatic heterocycles. The number of nitrogens with zero attached hydrogens (tertiary/aromatic N) is 1. The third-order valence-electron chi connectivity index (χ3n) is 3.31. The Kier molecular flexibility index (Phi) is 4.58. The third-order valence-corrected chi connectivity index (χ3v) is 3.31. The highest BCUT2D eigenvalue weighted by Crippen LogP contribution is 2.22. The fourth-order valence-electron chi connectivity index (χ4n) is 2.40. The number of anilines is 1. The van der Waals surface area contributed by atoms with Crippen LogP contribution in [0.1, 0.15) is 16.7 Å². The summed E-state index contributed by atoms with van der Waals surface area (Å²) in [6.45, 7) is 6.74. The second-order valence-electron chi connectivity index (χ2n) is 4.99. The van der Waals surface area contributed by atoms with Crippen LogP contribution in [0.25, 0.3) is 0 Å². The lowest BCUT2D eigenvalue weighted by atomic mass is 10.1. The average Bonchev–Trinajstić information content (AvgIpc) is 2.39. The van der Waals surface area contributed by atoms with Gasteiger partial charge in [0.1, 0.15) is 0 Å². The summed E-state index contributed by atoms with van der Waals surface area (Å²) in [4.78, 5) is 2.35. The van der Waals surface area contributed by atoms with Crippen molar-refractivity contribution >= 4 is 5.69 Å². The molecule has 0 aliphatic carbocycles. The Morgan fingerprint density at radius 1 is 1.00 bits per heavy atom. The van der Waals surface area contributed by atoms with E-state index in [9.17, 15) is 0 Å². The van der Waals surface area contributed by atoms with E-state index in [1.165, 1.54) is 22.4 Å². The van der Waals surface area contributed by atoms with E-state index in [1.807, 2.05) is 6.07 Å². The van der Waals surface area contributed by atoms with Crippen LogP contribution in [-0.4, -0.2) is 13.1 Å². The van der Waals surface area contributed by atoms with Crippen LogP contribution in [0, 0.1) is 13.8 Å². The van der Waals surface area contributed by atoms with Crippen LogP contribution in [0.15, 0.2) is 48.5 Å². The Morgan fingerprint density at radius 2 is 1.74 bits per heavy atom. The number of benzene rings is 2. The predicted molar refractivity (Wildman–Crippen MR) is 82.5 cm³/mol. The Labute approximate surface area is 115 Å². The first-order valence-electron chi connectivity index (χ1n) is 6.77. The van der Waals surface area contributed by atoms with Crippen molar-refractivity contribution in [3.8, 4) is 0 Å². The van der Waals surface area contributed by atoms with Crippen LogP contribution in [0.2, 0.25) is 0 Å². The molecule has 2 nitrogen and oxygen atoms in total. The highest BCUT2D eigenvalue weighted by atomic mass is 15.1. The molecule has 0 saturated carbocycles. The van der Waals surface area contributed by atoms with Gasteiger partial charge in [-0.3, -0.25) is 0 Å². The summed E-state index contributed by atoms with van der Waals surface area (Å²) in [5, 5.41) is 0. The van der Waals surface area contributed by atoms with Gasteiger partial charge in [-0.2, -0.15) is 0 Å². The van der Waals surface area contributed by atoms with E-state index in [2.05, 4.69) is 61.2 Å². The number of hydrogen-bond acceptors (Lipinski definition) is 2. The van der Waals surface area contributed by atoms with Crippen molar-refractivity contribution < 1.29 is 0 Å². The molecular weight excluding hydrogens is 232 g/mol. The molecule has 100 valence electrons. The van der Waals surface area contributed by atoms with Gasteiger partial charge in [-0.1, -0.05) is 48.0 Å². The average molecular weight is 254 g/mol. The van der Waals surface area contributed by atoms with Crippen LogP contribution < -0.4 is 10.6 Å². The summed E-state index contributed by atoms with van der Waals surface area (Å²) in [6.07, 6.45) is 0. The maximum atomic E-state index is 5.76. The Bertz CT molecular complexity index is 520. The number of aryl methyl sites for hydroxylation is 2. The van der Waals surface area contributed by atoms with E-state index in [1.54, 1.807) is 0 Å². The molecule has 2 aromatic rings. The lowest BCUT2D eigenvalue weighted by molar-refractivity contribution is 0.787. The van der Waals surface area contributed by atoms with Crippen molar-refractivity contribution in [2.75, 3.05) is 18.0 Å². The monoisotopic (exact) mass is 254 g/mol. The molecule has 0 heterocycles. The van der Waals surface area contributed by atoms with Crippen molar-refractivity contribution in [2.45, 2.75) is 20.4 Å². The van der Waals surface area contributed by atoms with Gasteiger partial charge in [0, 0.05) is 25.3 Å². The number of rotatable bonds is 5. The van der Waals surface area contributed by atoms with E-state index in [-0.39, 0.29) is 0 Å². The highest BCUT2D eigenvalue weighted by molar-refractivity contribution is 5.54. The molecule has 0 bridgehead atoms. The van der Waals surface area contributed by atoms with Crippen molar-refractivity contribution in [1.29, 1.82) is 0 Å². The molecule has 0 aliphatic rings. The van der Waals surface area contributed by atoms with E-state index >= 15 is 0 Å². The molecule has 0 fully saturated rings. The fourth-order valence-corrected chi connectivity index (χ4v) is 2.40. The molecule has 0 radical (unpaired) electrons. The molecule has 0 amide bonds. The molecule has 0 atom stereocenters. The quantitative estimate of drug-likeness (QED) is 0.887. The molecule has 0 aliphatic heterocycles. The van der Waals surface area contributed by atoms with E-state index < -0.39 is 0 Å². The fraction of sp³-hybridized carbons (Fsp3) is 0.294. The predicted octanol–water partition coefficient (Wildman–Crippen LogP) is 3.27. The van der Waals surface area contributed by atoms with Crippen LogP contribution in [0.3, 0.4) is 0 Å². The smallest absolute Gasteiger partial charge is 0.0430 e. The van der Waals surface area contributed by atoms with Crippen LogP contribution in [0.5, 0.6) is 0 Å². The molecule has 2 heteroatoms. The lowest BCUT2D eigenvalue weighted by Gasteiger charge is -2.26. The second kappa shape index (κ2) is 6.39. The highest BCUT2D eigenvalue weighted by Gasteiger charge is 2.09. The maximum absolute atomic E-state index is 5.76. The van der Waals surface area contributed by atoms with E-state index in [4.69, 9.17) is 5.73 Å². The number of nitrogens with two attached hydrogens (primary N) is 1. The summed E-state index contributed by atoms with van der Waals surface area (Å²) in [5.41, 5.74) is 11.0. The molecule has 0 saturated heterocycles. The standard InChI is InChI=1S/C17H22N2/c1-14-8-9-17(15(2)12-14)19(11-10-18)13-16-6-4-3-5-7-16/h3-9,12H,10-11,13,18H2,1-2H3. The van der Waals surface area contributed by atoms with Gasteiger partial charge in [-0.15, -0.1) is 0 Å². The third kappa shape index (κ3) is 3.58. The molecule has 0 spiro atoms. The largest absolute Gasteiger partial charge is 0.366 e. The summed E-state index contributed by atoms with van der Waals surface area (Å²) >= 11 is 0. The first kappa shape index (κ1) is 13.6. The first-order valence-corrected chi connectivity index (χ1v) is 6.77. The zero-order valence-corrected chi connectivity index (χ0v) is 11.8. The van der Waals surface area contributed by atoms with Gasteiger partial charge >= 0.3 is 0 Å². The van der Waals surface area contributed by atoms with Crippen molar-refractivity contribution in [1.82, 2.24) is 0 Å². The minimum atomic E-state index is 0.667. The van der Waals surface area contributed by atoms with Crippen molar-refractivity contribution in [3.05, 3.63) is 65.2 Å². The molecule has 0 unspecified atom stereocenters. The summed E-state index contributed by atoms with van der Waals surface area (Å²) < 4.78 is 0. The Balaban J connectivity index is 2.24. The van der Waals surface area contributed by atoms with Gasteiger partial charge in [0.2, 0.25) is 0 Å². The van der Waals surface area contributed by atoms with Crippen LogP contribution in [-0.2, 0) is 6.54 Å². The summed E-state index contributed by atoms with van der Waals surface area (Å²) in [7, 11) is 0. The van der Waals surface area contributed by atoms with Gasteiger partial charge < -0.3 is 10.6 Å². The van der Waals surface area contributed by atoms with Crippen LogP contribution in [0.4, 0.5) is 5.69 Å². The van der Waals surface area contributed by atoms with Gasteiger partial charge in [-0.25, -0.2) is 0 Å². The van der Waals surface area contributed by atoms with Gasteiger partial charge in [0.25, 0.3) is 0 Å². The normalized spacial score (nSPS) is 10.5. The maximum Gasteiger partial charge on any atom is 0.0430 e. The Morgan fingerprint density at radius 3 is 2.37 bits per heavy atom. The van der Waals surface area contributed by atoms with Gasteiger partial charge in [0.05, 0.1) is 0 Å². The Hall–Kier alpha value is -1.80. The van der Waals surface area contributed by atoms with E-state index in [0.29, 0.717) is 6.54 Å². The molecular formula is C17H22N2. The SMILES string of the molecule is Cc1ccc(N(CCN)Cc2ccccc2)c(C)c1. The van der Waals surface area contributed by atoms with Gasteiger partial charge in [0.15, 0.2) is 0 Å². The summed E-state index contributed by atoms with van der Waals surface area (Å²) in [6, 6.07) is 17.1. The minimum absolute atomic E-state index is 0.667. The molecule has 2 N–H and O–H groups in total.